The molecule has 2 nitrogen and oxygen atoms in total. The Hall–Kier alpha value is -0.570. The van der Waals surface area contributed by atoms with Crippen LogP contribution >= 0.6 is 15.9 Å². The summed E-state index contributed by atoms with van der Waals surface area (Å²) in [6.07, 6.45) is 5.88. The van der Waals surface area contributed by atoms with Crippen molar-refractivity contribution in [3.8, 4) is 0 Å². The molecule has 0 amide bonds. The van der Waals surface area contributed by atoms with Gasteiger partial charge in [-0.25, -0.2) is 4.79 Å². The van der Waals surface area contributed by atoms with Gasteiger partial charge in [-0.1, -0.05) is 34.2 Å². The maximum atomic E-state index is 10.5. The van der Waals surface area contributed by atoms with Crippen LogP contribution in [0.25, 0.3) is 0 Å². The molecule has 3 heteroatoms. The SMILES string of the molecule is CC1(Br)C=CC=C(C(=O)O)C1. The lowest BCUT2D eigenvalue weighted by atomic mass is 9.96. The second kappa shape index (κ2) is 2.81. The topological polar surface area (TPSA) is 37.3 Å². The largest absolute Gasteiger partial charge is 0.478 e. The van der Waals surface area contributed by atoms with Crippen molar-refractivity contribution in [3.05, 3.63) is 23.8 Å². The van der Waals surface area contributed by atoms with Crippen molar-refractivity contribution in [1.29, 1.82) is 0 Å². The third-order valence-electron chi connectivity index (χ3n) is 1.55. The number of allylic oxidation sites excluding steroid dienone is 3. The Morgan fingerprint density at radius 2 is 2.45 bits per heavy atom. The number of halogens is 1. The van der Waals surface area contributed by atoms with Gasteiger partial charge in [-0.3, -0.25) is 0 Å². The van der Waals surface area contributed by atoms with E-state index in [-0.39, 0.29) is 4.32 Å². The fourth-order valence-corrected chi connectivity index (χ4v) is 1.46. The van der Waals surface area contributed by atoms with Crippen molar-refractivity contribution < 1.29 is 9.90 Å². The second-order valence-corrected chi connectivity index (χ2v) is 4.62. The summed E-state index contributed by atoms with van der Waals surface area (Å²) in [4.78, 5) is 10.5. The predicted molar refractivity (Wildman–Crippen MR) is 46.8 cm³/mol. The van der Waals surface area contributed by atoms with Crippen molar-refractivity contribution in [3.63, 3.8) is 0 Å². The van der Waals surface area contributed by atoms with E-state index < -0.39 is 5.97 Å². The average molecular weight is 217 g/mol. The first-order chi connectivity index (χ1) is 5.01. The standard InChI is InChI=1S/C8H9BrO2/c1-8(9)4-2-3-6(5-8)7(10)11/h2-4H,5H2,1H3,(H,10,11). The molecule has 0 bridgehead atoms. The number of carbonyl (C=O) groups is 1. The van der Waals surface area contributed by atoms with Crippen LogP contribution in [0.3, 0.4) is 0 Å². The Morgan fingerprint density at radius 3 is 2.82 bits per heavy atom. The highest BCUT2D eigenvalue weighted by Gasteiger charge is 2.23. The van der Waals surface area contributed by atoms with Gasteiger partial charge < -0.3 is 5.11 Å². The summed E-state index contributed by atoms with van der Waals surface area (Å²) in [6, 6.07) is 0. The summed E-state index contributed by atoms with van der Waals surface area (Å²) in [5, 5.41) is 8.65. The van der Waals surface area contributed by atoms with Gasteiger partial charge in [-0.2, -0.15) is 0 Å². The summed E-state index contributed by atoms with van der Waals surface area (Å²) in [7, 11) is 0. The Kier molecular flexibility index (Phi) is 2.18. The molecule has 0 saturated heterocycles. The fraction of sp³-hybridized carbons (Fsp3) is 0.375. The number of rotatable bonds is 1. The Labute approximate surface area is 73.7 Å². The van der Waals surface area contributed by atoms with E-state index in [4.69, 9.17) is 5.11 Å². The molecule has 60 valence electrons. The highest BCUT2D eigenvalue weighted by atomic mass is 79.9. The quantitative estimate of drug-likeness (QED) is 0.683. The van der Waals surface area contributed by atoms with Crippen LogP contribution < -0.4 is 0 Å². The molecule has 0 aromatic rings. The van der Waals surface area contributed by atoms with Crippen LogP contribution in [0.5, 0.6) is 0 Å². The molecule has 0 radical (unpaired) electrons. The van der Waals surface area contributed by atoms with Crippen LogP contribution in [0.4, 0.5) is 0 Å². The number of carboxylic acid groups (broad SMARTS) is 1. The van der Waals surface area contributed by atoms with Crippen molar-refractivity contribution in [1.82, 2.24) is 0 Å². The Balaban J connectivity index is 2.81. The third-order valence-corrected chi connectivity index (χ3v) is 2.10. The fourth-order valence-electron chi connectivity index (χ4n) is 1.00. The molecule has 0 aromatic heterocycles. The van der Waals surface area contributed by atoms with E-state index in [2.05, 4.69) is 15.9 Å². The molecular weight excluding hydrogens is 208 g/mol. The molecule has 0 spiro atoms. The molecule has 1 N–H and O–H groups in total. The minimum atomic E-state index is -0.833. The summed E-state index contributed by atoms with van der Waals surface area (Å²) >= 11 is 3.41. The van der Waals surface area contributed by atoms with Gasteiger partial charge in [0, 0.05) is 9.90 Å². The van der Waals surface area contributed by atoms with Crippen LogP contribution in [0.1, 0.15) is 13.3 Å². The maximum Gasteiger partial charge on any atom is 0.331 e. The van der Waals surface area contributed by atoms with Crippen molar-refractivity contribution in [2.45, 2.75) is 17.7 Å². The van der Waals surface area contributed by atoms with E-state index in [1.165, 1.54) is 0 Å². The van der Waals surface area contributed by atoms with E-state index in [0.29, 0.717) is 12.0 Å². The average Bonchev–Trinajstić information content (AvgIpc) is 1.85. The van der Waals surface area contributed by atoms with Crippen LogP contribution in [0.2, 0.25) is 0 Å². The summed E-state index contributed by atoms with van der Waals surface area (Å²) in [5.41, 5.74) is 0.451. The lowest BCUT2D eigenvalue weighted by Crippen LogP contribution is -2.18. The Morgan fingerprint density at radius 1 is 1.82 bits per heavy atom. The minimum Gasteiger partial charge on any atom is -0.478 e. The molecule has 1 atom stereocenters. The minimum absolute atomic E-state index is 0.185. The maximum absolute atomic E-state index is 10.5. The monoisotopic (exact) mass is 216 g/mol. The molecule has 0 saturated carbocycles. The summed E-state index contributed by atoms with van der Waals surface area (Å²) < 4.78 is -0.185. The molecule has 0 fully saturated rings. The van der Waals surface area contributed by atoms with E-state index in [1.807, 2.05) is 13.0 Å². The number of carboxylic acids is 1. The van der Waals surface area contributed by atoms with Gasteiger partial charge in [0.1, 0.15) is 0 Å². The first kappa shape index (κ1) is 8.53. The number of hydrogen-bond donors (Lipinski definition) is 1. The van der Waals surface area contributed by atoms with Gasteiger partial charge in [0.25, 0.3) is 0 Å². The molecule has 0 aliphatic heterocycles. The summed E-state index contributed by atoms with van der Waals surface area (Å²) in [5.74, 6) is -0.833. The second-order valence-electron chi connectivity index (χ2n) is 2.81. The molecule has 11 heavy (non-hydrogen) atoms. The van der Waals surface area contributed by atoms with Crippen LogP contribution in [0, 0.1) is 0 Å². The third kappa shape index (κ3) is 2.19. The van der Waals surface area contributed by atoms with Gasteiger partial charge in [-0.15, -0.1) is 0 Å². The van der Waals surface area contributed by atoms with Crippen molar-refractivity contribution in [2.75, 3.05) is 0 Å². The highest BCUT2D eigenvalue weighted by molar-refractivity contribution is 9.10. The first-order valence-corrected chi connectivity index (χ1v) is 4.11. The van der Waals surface area contributed by atoms with Gasteiger partial charge in [0.2, 0.25) is 0 Å². The lowest BCUT2D eigenvalue weighted by Gasteiger charge is -2.20. The lowest BCUT2D eigenvalue weighted by molar-refractivity contribution is -0.132. The normalized spacial score (nSPS) is 29.8. The number of hydrogen-bond acceptors (Lipinski definition) is 1. The van der Waals surface area contributed by atoms with Gasteiger partial charge in [0.05, 0.1) is 0 Å². The molecule has 0 aromatic carbocycles. The summed E-state index contributed by atoms with van der Waals surface area (Å²) in [6.45, 7) is 1.94. The van der Waals surface area contributed by atoms with Gasteiger partial charge >= 0.3 is 5.97 Å². The van der Waals surface area contributed by atoms with Crippen molar-refractivity contribution >= 4 is 21.9 Å². The van der Waals surface area contributed by atoms with E-state index in [0.717, 1.165) is 0 Å². The zero-order chi connectivity index (χ0) is 8.48. The van der Waals surface area contributed by atoms with Crippen LogP contribution in [-0.4, -0.2) is 15.4 Å². The zero-order valence-electron chi connectivity index (χ0n) is 6.17. The molecular formula is C8H9BrO2. The van der Waals surface area contributed by atoms with Crippen molar-refractivity contribution in [2.24, 2.45) is 0 Å². The molecule has 1 unspecified atom stereocenters. The molecule has 1 aliphatic rings. The van der Waals surface area contributed by atoms with E-state index in [1.54, 1.807) is 12.2 Å². The number of alkyl halides is 1. The first-order valence-electron chi connectivity index (χ1n) is 3.32. The zero-order valence-corrected chi connectivity index (χ0v) is 7.76. The molecule has 1 rings (SSSR count). The van der Waals surface area contributed by atoms with E-state index >= 15 is 0 Å². The van der Waals surface area contributed by atoms with E-state index in [9.17, 15) is 4.79 Å². The van der Waals surface area contributed by atoms with Crippen LogP contribution in [0.15, 0.2) is 23.8 Å². The Bertz CT molecular complexity index is 238. The van der Waals surface area contributed by atoms with Gasteiger partial charge in [0.15, 0.2) is 0 Å². The predicted octanol–water partition coefficient (Wildman–Crippen LogP) is 2.11. The van der Waals surface area contributed by atoms with Crippen LogP contribution in [-0.2, 0) is 4.79 Å². The smallest absolute Gasteiger partial charge is 0.331 e. The highest BCUT2D eigenvalue weighted by Crippen LogP contribution is 2.30. The number of aliphatic carboxylic acids is 1. The van der Waals surface area contributed by atoms with Gasteiger partial charge in [-0.05, 0) is 13.3 Å². The molecule has 0 heterocycles. The molecule has 1 aliphatic carbocycles.